The number of aromatic nitrogens is 2. The first-order valence-corrected chi connectivity index (χ1v) is 10.8. The standard InChI is InChI=1S/C23H31N5O2/c1-5-20-16(3)23(26-22-14-24-15(2)13-25-22)19-12-18(27-8-10-30-11-9-27)6-7-21(19)28(20)17(4)29/h6-7,12-14,16,20,23H,5,8-11H2,1-4H3,(H,25,26). The van der Waals surface area contributed by atoms with E-state index in [-0.39, 0.29) is 23.9 Å². The molecule has 0 bridgehead atoms. The number of amides is 1. The van der Waals surface area contributed by atoms with E-state index in [1.54, 1.807) is 19.3 Å². The summed E-state index contributed by atoms with van der Waals surface area (Å²) in [5.74, 6) is 1.06. The second kappa shape index (κ2) is 8.60. The number of nitrogens with one attached hydrogen (secondary N) is 1. The SMILES string of the molecule is CCC1C(C)C(Nc2cnc(C)cn2)c2cc(N3CCOCC3)ccc2N1C(C)=O. The second-order valence-corrected chi connectivity index (χ2v) is 8.23. The minimum atomic E-state index is 0.0403. The van der Waals surface area contributed by atoms with Crippen LogP contribution in [0.1, 0.15) is 44.5 Å². The lowest BCUT2D eigenvalue weighted by Crippen LogP contribution is -2.49. The second-order valence-electron chi connectivity index (χ2n) is 8.23. The third-order valence-electron chi connectivity index (χ3n) is 6.29. The number of carbonyl (C=O) groups is 1. The van der Waals surface area contributed by atoms with E-state index >= 15 is 0 Å². The van der Waals surface area contributed by atoms with E-state index in [0.717, 1.165) is 55.5 Å². The third kappa shape index (κ3) is 3.86. The fraction of sp³-hybridized carbons (Fsp3) is 0.522. The minimum absolute atomic E-state index is 0.0403. The molecule has 0 radical (unpaired) electrons. The molecule has 30 heavy (non-hydrogen) atoms. The highest BCUT2D eigenvalue weighted by Gasteiger charge is 2.40. The molecule has 1 amide bonds. The summed E-state index contributed by atoms with van der Waals surface area (Å²) in [5.41, 5.74) is 4.18. The number of aryl methyl sites for hydroxylation is 1. The monoisotopic (exact) mass is 409 g/mol. The van der Waals surface area contributed by atoms with Crippen molar-refractivity contribution in [3.63, 3.8) is 0 Å². The Labute approximate surface area is 178 Å². The summed E-state index contributed by atoms with van der Waals surface area (Å²) in [6, 6.07) is 6.63. The molecule has 3 atom stereocenters. The molecule has 2 aromatic rings. The molecule has 160 valence electrons. The molecule has 1 aromatic carbocycles. The topological polar surface area (TPSA) is 70.6 Å². The predicted octanol–water partition coefficient (Wildman–Crippen LogP) is 3.56. The lowest BCUT2D eigenvalue weighted by Gasteiger charge is -2.45. The molecule has 1 saturated heterocycles. The number of hydrogen-bond acceptors (Lipinski definition) is 6. The van der Waals surface area contributed by atoms with E-state index in [2.05, 4.69) is 52.2 Å². The van der Waals surface area contributed by atoms with E-state index in [4.69, 9.17) is 4.74 Å². The number of benzene rings is 1. The highest BCUT2D eigenvalue weighted by molar-refractivity contribution is 5.94. The summed E-state index contributed by atoms with van der Waals surface area (Å²) in [4.78, 5) is 25.8. The Bertz CT molecular complexity index is 895. The van der Waals surface area contributed by atoms with Crippen molar-refractivity contribution in [3.8, 4) is 0 Å². The Balaban J connectivity index is 1.77. The van der Waals surface area contributed by atoms with Gasteiger partial charge in [0.15, 0.2) is 0 Å². The van der Waals surface area contributed by atoms with Gasteiger partial charge in [0.05, 0.1) is 37.3 Å². The van der Waals surface area contributed by atoms with Gasteiger partial charge in [-0.3, -0.25) is 9.78 Å². The number of anilines is 3. The zero-order valence-electron chi connectivity index (χ0n) is 18.3. The molecule has 2 aliphatic rings. The maximum absolute atomic E-state index is 12.6. The van der Waals surface area contributed by atoms with Crippen molar-refractivity contribution < 1.29 is 9.53 Å². The number of ether oxygens (including phenoxy) is 1. The van der Waals surface area contributed by atoms with Crippen molar-refractivity contribution in [2.45, 2.75) is 46.2 Å². The van der Waals surface area contributed by atoms with Crippen LogP contribution in [0.4, 0.5) is 17.2 Å². The fourth-order valence-corrected chi connectivity index (χ4v) is 4.74. The van der Waals surface area contributed by atoms with Gasteiger partial charge in [-0.25, -0.2) is 4.98 Å². The Morgan fingerprint density at radius 3 is 2.63 bits per heavy atom. The van der Waals surface area contributed by atoms with Crippen molar-refractivity contribution in [1.29, 1.82) is 0 Å². The van der Waals surface area contributed by atoms with Gasteiger partial charge in [0.1, 0.15) is 5.82 Å². The van der Waals surface area contributed by atoms with Gasteiger partial charge >= 0.3 is 0 Å². The van der Waals surface area contributed by atoms with Crippen molar-refractivity contribution in [1.82, 2.24) is 9.97 Å². The van der Waals surface area contributed by atoms with E-state index in [1.165, 1.54) is 5.69 Å². The van der Waals surface area contributed by atoms with Gasteiger partial charge in [-0.2, -0.15) is 0 Å². The molecule has 7 heteroatoms. The normalized spacial score (nSPS) is 23.8. The molecule has 3 unspecified atom stereocenters. The molecule has 1 fully saturated rings. The molecule has 0 spiro atoms. The number of rotatable bonds is 4. The average Bonchev–Trinajstić information content (AvgIpc) is 2.76. The van der Waals surface area contributed by atoms with E-state index in [1.807, 2.05) is 11.8 Å². The number of nitrogens with zero attached hydrogens (tertiary/aromatic N) is 4. The van der Waals surface area contributed by atoms with Crippen LogP contribution >= 0.6 is 0 Å². The predicted molar refractivity (Wildman–Crippen MR) is 119 cm³/mol. The first kappa shape index (κ1) is 20.6. The molecular formula is C23H31N5O2. The molecule has 1 aromatic heterocycles. The summed E-state index contributed by atoms with van der Waals surface area (Å²) < 4.78 is 5.52. The van der Waals surface area contributed by atoms with Crippen molar-refractivity contribution in [2.75, 3.05) is 41.4 Å². The Kier molecular flexibility index (Phi) is 5.90. The van der Waals surface area contributed by atoms with Crippen LogP contribution in [-0.2, 0) is 9.53 Å². The highest BCUT2D eigenvalue weighted by atomic mass is 16.5. The van der Waals surface area contributed by atoms with Gasteiger partial charge < -0.3 is 19.9 Å². The van der Waals surface area contributed by atoms with Gasteiger partial charge in [0.2, 0.25) is 5.91 Å². The number of hydrogen-bond donors (Lipinski definition) is 1. The lowest BCUT2D eigenvalue weighted by molar-refractivity contribution is -0.117. The third-order valence-corrected chi connectivity index (χ3v) is 6.29. The van der Waals surface area contributed by atoms with Gasteiger partial charge in [0, 0.05) is 48.9 Å². The van der Waals surface area contributed by atoms with Crippen LogP contribution in [0.25, 0.3) is 0 Å². The summed E-state index contributed by atoms with van der Waals surface area (Å²) in [7, 11) is 0. The van der Waals surface area contributed by atoms with Crippen LogP contribution in [0, 0.1) is 12.8 Å². The van der Waals surface area contributed by atoms with Crippen molar-refractivity contribution in [3.05, 3.63) is 41.9 Å². The van der Waals surface area contributed by atoms with Crippen LogP contribution in [0.5, 0.6) is 0 Å². The van der Waals surface area contributed by atoms with Crippen LogP contribution in [-0.4, -0.2) is 48.2 Å². The highest BCUT2D eigenvalue weighted by Crippen LogP contribution is 2.44. The van der Waals surface area contributed by atoms with Gasteiger partial charge in [0.25, 0.3) is 0 Å². The zero-order valence-corrected chi connectivity index (χ0v) is 18.3. The fourth-order valence-electron chi connectivity index (χ4n) is 4.74. The molecule has 7 nitrogen and oxygen atoms in total. The van der Waals surface area contributed by atoms with Gasteiger partial charge in [-0.1, -0.05) is 13.8 Å². The van der Waals surface area contributed by atoms with Crippen LogP contribution in [0.15, 0.2) is 30.6 Å². The van der Waals surface area contributed by atoms with Crippen LogP contribution < -0.4 is 15.1 Å². The summed E-state index contributed by atoms with van der Waals surface area (Å²) in [6.45, 7) is 11.2. The average molecular weight is 410 g/mol. The molecule has 4 rings (SSSR count). The van der Waals surface area contributed by atoms with Crippen molar-refractivity contribution >= 4 is 23.1 Å². The molecule has 2 aliphatic heterocycles. The molecule has 0 saturated carbocycles. The first-order chi connectivity index (χ1) is 14.5. The Morgan fingerprint density at radius 2 is 2.00 bits per heavy atom. The smallest absolute Gasteiger partial charge is 0.224 e. The van der Waals surface area contributed by atoms with E-state index in [9.17, 15) is 4.79 Å². The van der Waals surface area contributed by atoms with E-state index < -0.39 is 0 Å². The first-order valence-electron chi connectivity index (χ1n) is 10.8. The quantitative estimate of drug-likeness (QED) is 0.833. The number of fused-ring (bicyclic) bond motifs is 1. The van der Waals surface area contributed by atoms with Crippen LogP contribution in [0.3, 0.4) is 0 Å². The number of morpholine rings is 1. The minimum Gasteiger partial charge on any atom is -0.378 e. The maximum atomic E-state index is 12.6. The summed E-state index contributed by atoms with van der Waals surface area (Å²) in [5, 5.41) is 3.61. The zero-order chi connectivity index (χ0) is 21.3. The molecule has 0 aliphatic carbocycles. The van der Waals surface area contributed by atoms with E-state index in [0.29, 0.717) is 0 Å². The maximum Gasteiger partial charge on any atom is 0.224 e. The molecule has 3 heterocycles. The molecular weight excluding hydrogens is 378 g/mol. The molecule has 1 N–H and O–H groups in total. The summed E-state index contributed by atoms with van der Waals surface area (Å²) >= 11 is 0. The van der Waals surface area contributed by atoms with Gasteiger partial charge in [-0.05, 0) is 31.5 Å². The lowest BCUT2D eigenvalue weighted by atomic mass is 9.80. The number of carbonyl (C=O) groups excluding carboxylic acids is 1. The van der Waals surface area contributed by atoms with Crippen molar-refractivity contribution in [2.24, 2.45) is 5.92 Å². The Morgan fingerprint density at radius 1 is 1.23 bits per heavy atom. The van der Waals surface area contributed by atoms with Crippen LogP contribution in [0.2, 0.25) is 0 Å². The Hall–Kier alpha value is -2.67. The summed E-state index contributed by atoms with van der Waals surface area (Å²) in [6.07, 6.45) is 4.45. The van der Waals surface area contributed by atoms with Gasteiger partial charge in [-0.15, -0.1) is 0 Å². The largest absolute Gasteiger partial charge is 0.378 e.